The molecule has 0 radical (unpaired) electrons. The van der Waals surface area contributed by atoms with Gasteiger partial charge in [-0.1, -0.05) is 11.6 Å². The van der Waals surface area contributed by atoms with E-state index in [9.17, 15) is 18.4 Å². The first-order valence-electron chi connectivity index (χ1n) is 9.98. The number of urea groups is 1. The van der Waals surface area contributed by atoms with Crippen molar-refractivity contribution in [3.8, 4) is 17.2 Å². The number of amides is 3. The Morgan fingerprint density at radius 1 is 1.21 bits per heavy atom. The number of pyridine rings is 1. The van der Waals surface area contributed by atoms with Gasteiger partial charge in [-0.3, -0.25) is 9.78 Å². The van der Waals surface area contributed by atoms with Crippen molar-refractivity contribution in [3.63, 3.8) is 0 Å². The number of halogens is 3. The van der Waals surface area contributed by atoms with E-state index in [1.54, 1.807) is 0 Å². The maximum atomic E-state index is 14.9. The van der Waals surface area contributed by atoms with E-state index in [2.05, 4.69) is 15.6 Å². The van der Waals surface area contributed by atoms with E-state index >= 15 is 0 Å². The van der Waals surface area contributed by atoms with E-state index in [1.165, 1.54) is 31.5 Å². The third-order valence-electron chi connectivity index (χ3n) is 5.31. The first kappa shape index (κ1) is 22.5. The van der Waals surface area contributed by atoms with Gasteiger partial charge < -0.3 is 25.8 Å². The van der Waals surface area contributed by atoms with Crippen LogP contribution in [0.25, 0.3) is 10.9 Å². The number of fused-ring (bicyclic) bond motifs is 1. The fraction of sp³-hybridized carbons (Fsp3) is 0.227. The molecule has 1 saturated carbocycles. The largest absolute Gasteiger partial charge is 0.496 e. The monoisotopic (exact) mass is 476 g/mol. The fourth-order valence-corrected chi connectivity index (χ4v) is 3.56. The van der Waals surface area contributed by atoms with Crippen molar-refractivity contribution in [2.45, 2.75) is 25.3 Å². The van der Waals surface area contributed by atoms with Gasteiger partial charge in [0.2, 0.25) is 0 Å². The van der Waals surface area contributed by atoms with Crippen LogP contribution in [0.1, 0.15) is 29.6 Å². The van der Waals surface area contributed by atoms with Crippen LogP contribution in [0.15, 0.2) is 30.5 Å². The van der Waals surface area contributed by atoms with Crippen LogP contribution in [0.5, 0.6) is 17.2 Å². The van der Waals surface area contributed by atoms with Crippen molar-refractivity contribution >= 4 is 40.1 Å². The number of aromatic nitrogens is 1. The molecule has 0 unspecified atom stereocenters. The summed E-state index contributed by atoms with van der Waals surface area (Å²) in [4.78, 5) is 28.0. The Bertz CT molecular complexity index is 1270. The molecule has 3 aromatic rings. The van der Waals surface area contributed by atoms with Gasteiger partial charge in [0.15, 0.2) is 17.4 Å². The number of anilines is 1. The number of carbonyl (C=O) groups is 2. The quantitative estimate of drug-likeness (QED) is 0.444. The molecular formula is C22H19ClF2N4O4. The first-order valence-corrected chi connectivity index (χ1v) is 10.4. The summed E-state index contributed by atoms with van der Waals surface area (Å²) in [6.07, 6.45) is 4.07. The van der Waals surface area contributed by atoms with Crippen LogP contribution in [0.2, 0.25) is 5.02 Å². The van der Waals surface area contributed by atoms with Crippen molar-refractivity contribution in [3.05, 3.63) is 52.7 Å². The number of nitrogens with two attached hydrogens (primary N) is 1. The summed E-state index contributed by atoms with van der Waals surface area (Å²) in [5.74, 6) is -3.65. The van der Waals surface area contributed by atoms with Crippen LogP contribution in [-0.2, 0) is 0 Å². The normalized spacial score (nSPS) is 13.3. The van der Waals surface area contributed by atoms with Crippen LogP contribution >= 0.6 is 11.6 Å². The minimum Gasteiger partial charge on any atom is -0.496 e. The van der Waals surface area contributed by atoms with E-state index in [4.69, 9.17) is 26.8 Å². The Morgan fingerprint density at radius 3 is 2.61 bits per heavy atom. The average molecular weight is 477 g/mol. The van der Waals surface area contributed by atoms with Crippen molar-refractivity contribution in [2.75, 3.05) is 12.4 Å². The zero-order valence-corrected chi connectivity index (χ0v) is 18.1. The van der Waals surface area contributed by atoms with Crippen molar-refractivity contribution in [2.24, 2.45) is 5.73 Å². The van der Waals surface area contributed by atoms with Gasteiger partial charge in [0.25, 0.3) is 5.91 Å². The fourth-order valence-electron chi connectivity index (χ4n) is 3.37. The number of hydrogen-bond acceptors (Lipinski definition) is 5. The highest BCUT2D eigenvalue weighted by Gasteiger charge is 2.24. The van der Waals surface area contributed by atoms with Crippen molar-refractivity contribution < 1.29 is 27.8 Å². The summed E-state index contributed by atoms with van der Waals surface area (Å²) >= 11 is 6.04. The number of rotatable bonds is 6. The molecule has 2 aromatic carbocycles. The topological polar surface area (TPSA) is 116 Å². The molecule has 11 heteroatoms. The van der Waals surface area contributed by atoms with E-state index in [-0.39, 0.29) is 34.2 Å². The molecule has 172 valence electrons. The number of nitrogens with zero attached hydrogens (tertiary/aromatic N) is 1. The molecule has 0 spiro atoms. The zero-order valence-electron chi connectivity index (χ0n) is 17.4. The molecule has 0 saturated heterocycles. The summed E-state index contributed by atoms with van der Waals surface area (Å²) in [6, 6.07) is 4.46. The van der Waals surface area contributed by atoms with E-state index in [0.717, 1.165) is 25.3 Å². The van der Waals surface area contributed by atoms with Crippen LogP contribution < -0.4 is 25.8 Å². The molecule has 33 heavy (non-hydrogen) atoms. The minimum atomic E-state index is -1.20. The number of primary amides is 1. The standard InChI is InChI=1S/C22H19ClF2N4O4/c1-32-17-9-14-11(7-12(17)21(26)30)16(5-6-27-14)33-20-13(24)8-15(18(23)19(20)25)29-22(31)28-10-3-2-4-10/h5-10H,2-4H2,1H3,(H2,26,30)(H2,28,29,31). The molecule has 0 aliphatic heterocycles. The minimum absolute atomic E-state index is 0.00227. The number of carbonyl (C=O) groups excluding carboxylic acids is 2. The highest BCUT2D eigenvalue weighted by atomic mass is 35.5. The number of benzene rings is 2. The lowest BCUT2D eigenvalue weighted by Gasteiger charge is -2.26. The Morgan fingerprint density at radius 2 is 1.97 bits per heavy atom. The van der Waals surface area contributed by atoms with Crippen LogP contribution in [0, 0.1) is 11.6 Å². The van der Waals surface area contributed by atoms with E-state index in [0.29, 0.717) is 5.52 Å². The van der Waals surface area contributed by atoms with E-state index < -0.39 is 34.3 Å². The second-order valence-corrected chi connectivity index (χ2v) is 7.81. The molecule has 4 N–H and O–H groups in total. The van der Waals surface area contributed by atoms with Crippen LogP contribution in [-0.4, -0.2) is 30.1 Å². The molecule has 1 heterocycles. The van der Waals surface area contributed by atoms with Gasteiger partial charge >= 0.3 is 6.03 Å². The molecule has 0 atom stereocenters. The molecule has 1 fully saturated rings. The molecule has 1 aliphatic carbocycles. The van der Waals surface area contributed by atoms with Crippen LogP contribution in [0.4, 0.5) is 19.3 Å². The average Bonchev–Trinajstić information content (AvgIpc) is 2.76. The van der Waals surface area contributed by atoms with Gasteiger partial charge in [0.05, 0.1) is 23.9 Å². The summed E-state index contributed by atoms with van der Waals surface area (Å²) in [5, 5.41) is 4.79. The lowest BCUT2D eigenvalue weighted by Crippen LogP contribution is -2.41. The second kappa shape index (κ2) is 9.07. The third kappa shape index (κ3) is 4.47. The summed E-state index contributed by atoms with van der Waals surface area (Å²) in [5.41, 5.74) is 5.53. The molecule has 3 amide bonds. The van der Waals surface area contributed by atoms with Crippen LogP contribution in [0.3, 0.4) is 0 Å². The summed E-state index contributed by atoms with van der Waals surface area (Å²) < 4.78 is 40.4. The first-order chi connectivity index (χ1) is 15.8. The number of methoxy groups -OCH3 is 1. The molecule has 8 nitrogen and oxygen atoms in total. The molecular weight excluding hydrogens is 458 g/mol. The van der Waals surface area contributed by atoms with E-state index in [1.807, 2.05) is 0 Å². The number of nitrogens with one attached hydrogen (secondary N) is 2. The molecule has 4 rings (SSSR count). The van der Waals surface area contributed by atoms with Gasteiger partial charge in [0.1, 0.15) is 16.5 Å². The van der Waals surface area contributed by atoms with Gasteiger partial charge in [-0.2, -0.15) is 0 Å². The number of hydrogen-bond donors (Lipinski definition) is 3. The SMILES string of the molecule is COc1cc2nccc(Oc3c(F)cc(NC(=O)NC4CCC4)c(Cl)c3F)c2cc1C(N)=O. The maximum absolute atomic E-state index is 14.9. The number of ether oxygens (including phenoxy) is 2. The Hall–Kier alpha value is -3.66. The van der Waals surface area contributed by atoms with Crippen molar-refractivity contribution in [1.29, 1.82) is 0 Å². The lowest BCUT2D eigenvalue weighted by molar-refractivity contribution is 0.0997. The highest BCUT2D eigenvalue weighted by molar-refractivity contribution is 6.34. The van der Waals surface area contributed by atoms with Gasteiger partial charge in [-0.05, 0) is 31.4 Å². The predicted octanol–water partition coefficient (Wildman–Crippen LogP) is 4.74. The molecule has 1 aliphatic rings. The van der Waals surface area contributed by atoms with Crippen molar-refractivity contribution in [1.82, 2.24) is 10.3 Å². The van der Waals surface area contributed by atoms with Gasteiger partial charge in [-0.15, -0.1) is 0 Å². The second-order valence-electron chi connectivity index (χ2n) is 7.43. The molecule has 0 bridgehead atoms. The Balaban J connectivity index is 1.67. The third-order valence-corrected chi connectivity index (χ3v) is 5.67. The lowest BCUT2D eigenvalue weighted by atomic mass is 9.93. The highest BCUT2D eigenvalue weighted by Crippen LogP contribution is 2.39. The summed E-state index contributed by atoms with van der Waals surface area (Å²) in [7, 11) is 1.36. The summed E-state index contributed by atoms with van der Waals surface area (Å²) in [6.45, 7) is 0. The Kier molecular flexibility index (Phi) is 6.19. The van der Waals surface area contributed by atoms with Gasteiger partial charge in [-0.25, -0.2) is 13.6 Å². The van der Waals surface area contributed by atoms with Gasteiger partial charge in [0, 0.05) is 29.8 Å². The maximum Gasteiger partial charge on any atom is 0.319 e. The molecule has 1 aromatic heterocycles. The predicted molar refractivity (Wildman–Crippen MR) is 118 cm³/mol. The Labute approximate surface area is 192 Å². The smallest absolute Gasteiger partial charge is 0.319 e. The zero-order chi connectivity index (χ0) is 23.7.